The summed E-state index contributed by atoms with van der Waals surface area (Å²) in [5.41, 5.74) is 2.59. The molecule has 0 bridgehead atoms. The van der Waals surface area contributed by atoms with E-state index in [9.17, 15) is 4.79 Å². The Morgan fingerprint density at radius 2 is 1.43 bits per heavy atom. The smallest absolute Gasteiger partial charge is 0.306 e. The van der Waals surface area contributed by atoms with E-state index in [1.54, 1.807) is 5.57 Å². The Balaban J connectivity index is 1.22. The van der Waals surface area contributed by atoms with Gasteiger partial charge in [-0.25, -0.2) is 0 Å². The highest BCUT2D eigenvalue weighted by atomic mass is 16.5. The Morgan fingerprint density at radius 1 is 0.775 bits per heavy atom. The second-order valence-electron chi connectivity index (χ2n) is 15.2. The lowest BCUT2D eigenvalue weighted by molar-refractivity contribution is -0.151. The molecular weight excluding hydrogens is 488 g/mol. The molecule has 3 fully saturated rings. The number of carbonyl (C=O) groups excluding carboxylic acids is 1. The van der Waals surface area contributed by atoms with Crippen molar-refractivity contribution < 1.29 is 9.53 Å². The molecule has 0 radical (unpaired) electrons. The van der Waals surface area contributed by atoms with Crippen molar-refractivity contribution in [2.45, 2.75) is 188 Å². The van der Waals surface area contributed by atoms with Crippen LogP contribution in [0, 0.1) is 34.5 Å². The van der Waals surface area contributed by atoms with Crippen molar-refractivity contribution in [1.82, 2.24) is 0 Å². The quantitative estimate of drug-likeness (QED) is 0.101. The standard InChI is InChI=1S/C38H66O2/c1-5-7-9-11-13-14-16-18-20-36(39)40-32-25-27-38(4)31(29-32)21-23-33-34-24-22-30(19-17-15-12-10-8-6-2)37(34,3)28-26-35(33)38/h21,30,32-35H,5-20,22-29H2,1-4H3/t30-,32+,33+,34+,35+,37-,38+/m1/s1. The molecule has 4 aliphatic rings. The minimum absolute atomic E-state index is 0.0599. The van der Waals surface area contributed by atoms with Crippen LogP contribution in [0.4, 0.5) is 0 Å². The zero-order valence-corrected chi connectivity index (χ0v) is 27.3. The van der Waals surface area contributed by atoms with Gasteiger partial charge >= 0.3 is 5.97 Å². The van der Waals surface area contributed by atoms with Gasteiger partial charge in [-0.05, 0) is 92.3 Å². The molecule has 2 heteroatoms. The maximum Gasteiger partial charge on any atom is 0.306 e. The number of ether oxygens (including phenoxy) is 1. The normalized spacial score (nSPS) is 35.0. The van der Waals surface area contributed by atoms with E-state index in [-0.39, 0.29) is 12.1 Å². The summed E-state index contributed by atoms with van der Waals surface area (Å²) in [5.74, 6) is 3.72. The van der Waals surface area contributed by atoms with Crippen molar-refractivity contribution >= 4 is 5.97 Å². The van der Waals surface area contributed by atoms with Gasteiger partial charge in [-0.2, -0.15) is 0 Å². The topological polar surface area (TPSA) is 26.3 Å². The lowest BCUT2D eigenvalue weighted by Gasteiger charge is -2.58. The fourth-order valence-electron chi connectivity index (χ4n) is 10.1. The summed E-state index contributed by atoms with van der Waals surface area (Å²) in [6.45, 7) is 9.89. The van der Waals surface area contributed by atoms with Crippen LogP contribution in [0.2, 0.25) is 0 Å². The van der Waals surface area contributed by atoms with Gasteiger partial charge < -0.3 is 4.74 Å². The van der Waals surface area contributed by atoms with E-state index in [2.05, 4.69) is 33.8 Å². The number of hydrogen-bond donors (Lipinski definition) is 0. The van der Waals surface area contributed by atoms with E-state index < -0.39 is 0 Å². The zero-order valence-electron chi connectivity index (χ0n) is 27.3. The number of carbonyl (C=O) groups is 1. The van der Waals surface area contributed by atoms with Gasteiger partial charge in [-0.15, -0.1) is 0 Å². The third-order valence-electron chi connectivity index (χ3n) is 12.7. The van der Waals surface area contributed by atoms with Gasteiger partial charge in [-0.1, -0.05) is 123 Å². The Kier molecular flexibility index (Phi) is 12.5. The van der Waals surface area contributed by atoms with Crippen LogP contribution in [0.25, 0.3) is 0 Å². The molecule has 0 unspecified atom stereocenters. The molecule has 7 atom stereocenters. The Labute approximate surface area is 249 Å². The van der Waals surface area contributed by atoms with Crippen LogP contribution < -0.4 is 0 Å². The Bertz CT molecular complexity index is 799. The van der Waals surface area contributed by atoms with Crippen LogP contribution in [0.1, 0.15) is 182 Å². The third-order valence-corrected chi connectivity index (χ3v) is 12.7. The van der Waals surface area contributed by atoms with E-state index in [4.69, 9.17) is 4.74 Å². The van der Waals surface area contributed by atoms with Crippen molar-refractivity contribution in [3.05, 3.63) is 11.6 Å². The highest BCUT2D eigenvalue weighted by Gasteiger charge is 2.58. The summed E-state index contributed by atoms with van der Waals surface area (Å²) in [4.78, 5) is 12.6. The van der Waals surface area contributed by atoms with Gasteiger partial charge in [0.2, 0.25) is 0 Å². The van der Waals surface area contributed by atoms with Crippen LogP contribution >= 0.6 is 0 Å². The molecule has 0 aromatic carbocycles. The van der Waals surface area contributed by atoms with Gasteiger partial charge in [0.25, 0.3) is 0 Å². The van der Waals surface area contributed by atoms with Crippen LogP contribution in [-0.2, 0) is 9.53 Å². The van der Waals surface area contributed by atoms with Crippen LogP contribution in [0.15, 0.2) is 11.6 Å². The molecule has 0 spiro atoms. The molecule has 0 aromatic heterocycles. The highest BCUT2D eigenvalue weighted by molar-refractivity contribution is 5.69. The van der Waals surface area contributed by atoms with Crippen molar-refractivity contribution in [2.24, 2.45) is 34.5 Å². The molecule has 4 aliphatic carbocycles. The van der Waals surface area contributed by atoms with E-state index in [0.29, 0.717) is 17.3 Å². The van der Waals surface area contributed by atoms with Crippen LogP contribution in [0.5, 0.6) is 0 Å². The molecule has 3 saturated carbocycles. The first-order valence-corrected chi connectivity index (χ1v) is 18.3. The molecule has 40 heavy (non-hydrogen) atoms. The lowest BCUT2D eigenvalue weighted by atomic mass is 9.47. The summed E-state index contributed by atoms with van der Waals surface area (Å²) in [7, 11) is 0. The third kappa shape index (κ3) is 7.78. The Morgan fingerprint density at radius 3 is 2.12 bits per heavy atom. The first-order valence-electron chi connectivity index (χ1n) is 18.3. The SMILES string of the molecule is CCCCCCCCCCC(=O)O[C@H]1CC[C@@]2(C)C(=CC[C@H]3[C@@H]4CC[C@@H](CCCCCCCC)[C@@]4(C)CC[C@@H]32)C1. The van der Waals surface area contributed by atoms with Crippen molar-refractivity contribution in [2.75, 3.05) is 0 Å². The number of rotatable bonds is 17. The minimum Gasteiger partial charge on any atom is -0.462 e. The van der Waals surface area contributed by atoms with Crippen molar-refractivity contribution in [3.8, 4) is 0 Å². The number of fused-ring (bicyclic) bond motifs is 5. The average Bonchev–Trinajstić information content (AvgIpc) is 3.28. The maximum absolute atomic E-state index is 12.6. The Hall–Kier alpha value is -0.790. The predicted octanol–water partition coefficient (Wildman–Crippen LogP) is 11.8. The second-order valence-corrected chi connectivity index (χ2v) is 15.2. The van der Waals surface area contributed by atoms with Gasteiger partial charge in [0.05, 0.1) is 0 Å². The minimum atomic E-state index is 0.0599. The molecule has 0 saturated heterocycles. The molecule has 0 N–H and O–H groups in total. The fourth-order valence-corrected chi connectivity index (χ4v) is 10.1. The fraction of sp³-hybridized carbons (Fsp3) is 0.921. The van der Waals surface area contributed by atoms with E-state index >= 15 is 0 Å². The number of allylic oxidation sites excluding steroid dienone is 1. The van der Waals surface area contributed by atoms with Gasteiger partial charge in [-0.3, -0.25) is 4.79 Å². The molecule has 2 nitrogen and oxygen atoms in total. The molecule has 0 heterocycles. The molecule has 4 rings (SSSR count). The highest BCUT2D eigenvalue weighted by Crippen LogP contribution is 2.66. The summed E-state index contributed by atoms with van der Waals surface area (Å²) < 4.78 is 6.07. The molecular formula is C38H66O2. The number of hydrogen-bond acceptors (Lipinski definition) is 2. The van der Waals surface area contributed by atoms with Gasteiger partial charge in [0, 0.05) is 12.8 Å². The summed E-state index contributed by atoms with van der Waals surface area (Å²) in [6.07, 6.45) is 34.1. The lowest BCUT2D eigenvalue weighted by Crippen LogP contribution is -2.50. The monoisotopic (exact) mass is 555 g/mol. The first kappa shape index (κ1) is 32.1. The molecule has 230 valence electrons. The molecule has 0 aromatic rings. The first-order chi connectivity index (χ1) is 19.4. The van der Waals surface area contributed by atoms with E-state index in [0.717, 1.165) is 42.9 Å². The summed E-state index contributed by atoms with van der Waals surface area (Å²) >= 11 is 0. The van der Waals surface area contributed by atoms with Crippen molar-refractivity contribution in [1.29, 1.82) is 0 Å². The van der Waals surface area contributed by atoms with E-state index in [1.807, 2.05) is 0 Å². The molecule has 0 amide bonds. The second kappa shape index (κ2) is 15.6. The number of esters is 1. The largest absolute Gasteiger partial charge is 0.462 e. The summed E-state index contributed by atoms with van der Waals surface area (Å²) in [5, 5.41) is 0. The van der Waals surface area contributed by atoms with Gasteiger partial charge in [0.15, 0.2) is 0 Å². The van der Waals surface area contributed by atoms with Crippen molar-refractivity contribution in [3.63, 3.8) is 0 Å². The average molecular weight is 555 g/mol. The predicted molar refractivity (Wildman–Crippen MR) is 170 cm³/mol. The van der Waals surface area contributed by atoms with E-state index in [1.165, 1.54) is 128 Å². The zero-order chi connectivity index (χ0) is 28.4. The molecule has 0 aliphatic heterocycles. The van der Waals surface area contributed by atoms with Crippen LogP contribution in [0.3, 0.4) is 0 Å². The summed E-state index contributed by atoms with van der Waals surface area (Å²) in [6, 6.07) is 0. The van der Waals surface area contributed by atoms with Crippen LogP contribution in [-0.4, -0.2) is 12.1 Å². The number of unbranched alkanes of at least 4 members (excludes halogenated alkanes) is 12. The van der Waals surface area contributed by atoms with Gasteiger partial charge in [0.1, 0.15) is 6.10 Å². The maximum atomic E-state index is 12.6.